The van der Waals surface area contributed by atoms with Crippen LogP contribution in [0.4, 0.5) is 0 Å². The first-order valence-corrected chi connectivity index (χ1v) is 27.4. The number of rotatable bonds is 50. The molecule has 0 N–H and O–H groups in total. The Hall–Kier alpha value is -1.59. The average Bonchev–Trinajstić information content (AvgIpc) is 3.24. The van der Waals surface area contributed by atoms with Gasteiger partial charge in [0, 0.05) is 19.3 Å². The number of unbranched alkanes of at least 4 members (excludes halogenated alkanes) is 37. The van der Waals surface area contributed by atoms with Crippen LogP contribution < -0.4 is 0 Å². The zero-order valence-electron chi connectivity index (χ0n) is 41.6. The molecule has 0 amide bonds. The molecule has 0 heterocycles. The molecule has 61 heavy (non-hydrogen) atoms. The molecule has 0 aromatic carbocycles. The van der Waals surface area contributed by atoms with Crippen LogP contribution in [0.1, 0.15) is 310 Å². The molecule has 0 aliphatic heterocycles. The van der Waals surface area contributed by atoms with Gasteiger partial charge in [-0.05, 0) is 25.2 Å². The van der Waals surface area contributed by atoms with Crippen molar-refractivity contribution < 1.29 is 28.6 Å². The molecule has 0 fully saturated rings. The van der Waals surface area contributed by atoms with Gasteiger partial charge < -0.3 is 14.2 Å². The summed E-state index contributed by atoms with van der Waals surface area (Å²) in [5.74, 6) is 0.0156. The molecule has 0 bridgehead atoms. The van der Waals surface area contributed by atoms with Crippen molar-refractivity contribution >= 4 is 17.9 Å². The molecule has 362 valence electrons. The van der Waals surface area contributed by atoms with E-state index in [0.29, 0.717) is 19.3 Å². The van der Waals surface area contributed by atoms with E-state index in [0.717, 1.165) is 63.7 Å². The van der Waals surface area contributed by atoms with Crippen molar-refractivity contribution in [1.29, 1.82) is 0 Å². The van der Waals surface area contributed by atoms with Crippen molar-refractivity contribution in [3.8, 4) is 0 Å². The Labute approximate surface area is 380 Å². The van der Waals surface area contributed by atoms with Gasteiger partial charge in [-0.25, -0.2) is 0 Å². The Kier molecular flexibility index (Phi) is 48.1. The van der Waals surface area contributed by atoms with E-state index in [2.05, 4.69) is 27.7 Å². The van der Waals surface area contributed by atoms with Crippen LogP contribution in [-0.2, 0) is 28.6 Å². The lowest BCUT2D eigenvalue weighted by atomic mass is 10.0. The molecule has 6 heteroatoms. The van der Waals surface area contributed by atoms with Crippen molar-refractivity contribution in [3.63, 3.8) is 0 Å². The third kappa shape index (κ3) is 49.3. The van der Waals surface area contributed by atoms with E-state index >= 15 is 0 Å². The maximum atomic E-state index is 12.7. The van der Waals surface area contributed by atoms with Crippen LogP contribution in [0.25, 0.3) is 0 Å². The molecule has 0 unspecified atom stereocenters. The summed E-state index contributed by atoms with van der Waals surface area (Å²) in [6.07, 6.45) is 52.4. The Morgan fingerprint density at radius 1 is 0.311 bits per heavy atom. The van der Waals surface area contributed by atoms with Gasteiger partial charge in [-0.1, -0.05) is 272 Å². The number of carbonyl (C=O) groups excluding carboxylic acids is 3. The maximum absolute atomic E-state index is 12.7. The topological polar surface area (TPSA) is 78.9 Å². The van der Waals surface area contributed by atoms with Gasteiger partial charge in [-0.15, -0.1) is 0 Å². The summed E-state index contributed by atoms with van der Waals surface area (Å²) in [7, 11) is 0. The van der Waals surface area contributed by atoms with E-state index in [-0.39, 0.29) is 31.1 Å². The highest BCUT2D eigenvalue weighted by Crippen LogP contribution is 2.17. The molecule has 0 saturated heterocycles. The van der Waals surface area contributed by atoms with Crippen molar-refractivity contribution in [2.45, 2.75) is 316 Å². The Morgan fingerprint density at radius 2 is 0.541 bits per heavy atom. The molecule has 0 aliphatic rings. The van der Waals surface area contributed by atoms with Crippen molar-refractivity contribution in [1.82, 2.24) is 0 Å². The minimum absolute atomic E-state index is 0.0625. The Balaban J connectivity index is 4.15. The molecule has 0 spiro atoms. The number of ether oxygens (including phenoxy) is 3. The lowest BCUT2D eigenvalue weighted by Gasteiger charge is -2.18. The number of hydrogen-bond acceptors (Lipinski definition) is 6. The highest BCUT2D eigenvalue weighted by molar-refractivity contribution is 5.71. The fraction of sp³-hybridized carbons (Fsp3) is 0.945. The molecule has 0 aromatic rings. The summed E-state index contributed by atoms with van der Waals surface area (Å²) in [5, 5.41) is 0. The van der Waals surface area contributed by atoms with Crippen LogP contribution in [0.5, 0.6) is 0 Å². The van der Waals surface area contributed by atoms with Gasteiger partial charge in [0.1, 0.15) is 13.2 Å². The van der Waals surface area contributed by atoms with E-state index in [9.17, 15) is 14.4 Å². The van der Waals surface area contributed by atoms with Crippen LogP contribution in [-0.4, -0.2) is 37.2 Å². The van der Waals surface area contributed by atoms with E-state index in [1.165, 1.54) is 205 Å². The van der Waals surface area contributed by atoms with Crippen LogP contribution in [0.15, 0.2) is 0 Å². The molecule has 0 rings (SSSR count). The Bertz CT molecular complexity index is 918. The number of esters is 3. The summed E-state index contributed by atoms with van der Waals surface area (Å²) in [5.41, 5.74) is 0. The summed E-state index contributed by atoms with van der Waals surface area (Å²) in [6.45, 7) is 9.04. The van der Waals surface area contributed by atoms with E-state index in [1.54, 1.807) is 0 Å². The first-order valence-electron chi connectivity index (χ1n) is 27.4. The quantitative estimate of drug-likeness (QED) is 0.0344. The van der Waals surface area contributed by atoms with E-state index in [1.807, 2.05) is 0 Å². The molecule has 1 atom stereocenters. The second kappa shape index (κ2) is 49.4. The van der Waals surface area contributed by atoms with Crippen LogP contribution in [0.2, 0.25) is 0 Å². The lowest BCUT2D eigenvalue weighted by Crippen LogP contribution is -2.30. The summed E-state index contributed by atoms with van der Waals surface area (Å²) >= 11 is 0. The molecular formula is C55H106O6. The normalized spacial score (nSPS) is 12.0. The van der Waals surface area contributed by atoms with Crippen molar-refractivity contribution in [3.05, 3.63) is 0 Å². The van der Waals surface area contributed by atoms with Crippen molar-refractivity contribution in [2.24, 2.45) is 5.92 Å². The summed E-state index contributed by atoms with van der Waals surface area (Å²) in [6, 6.07) is 0. The standard InChI is InChI=1S/C55H106O6/c1-5-7-9-11-13-15-16-23-27-31-34-38-42-46-53(56)59-49-52(61-55(58)48-44-40-36-29-14-12-10-8-6-2)50-60-54(57)47-43-39-35-32-28-25-22-20-18-17-19-21-24-26-30-33-37-41-45-51(3)4/h51-52H,5-50H2,1-4H3/t52-/m1/s1. The molecular weight excluding hydrogens is 757 g/mol. The lowest BCUT2D eigenvalue weighted by molar-refractivity contribution is -0.167. The Morgan fingerprint density at radius 3 is 0.803 bits per heavy atom. The third-order valence-corrected chi connectivity index (χ3v) is 12.5. The minimum Gasteiger partial charge on any atom is -0.462 e. The second-order valence-corrected chi connectivity index (χ2v) is 19.3. The van der Waals surface area contributed by atoms with Crippen LogP contribution >= 0.6 is 0 Å². The SMILES string of the molecule is CCCCCCCCCCCCCCCC(=O)OC[C@H](COC(=O)CCCCCCCCCCCCCCCCCCCCC(C)C)OC(=O)CCCCCCCCCCC. The zero-order chi connectivity index (χ0) is 44.5. The summed E-state index contributed by atoms with van der Waals surface area (Å²) in [4.78, 5) is 37.9. The second-order valence-electron chi connectivity index (χ2n) is 19.3. The van der Waals surface area contributed by atoms with Crippen molar-refractivity contribution in [2.75, 3.05) is 13.2 Å². The van der Waals surface area contributed by atoms with E-state index in [4.69, 9.17) is 14.2 Å². The largest absolute Gasteiger partial charge is 0.462 e. The van der Waals surface area contributed by atoms with Gasteiger partial charge in [-0.2, -0.15) is 0 Å². The molecule has 6 nitrogen and oxygen atoms in total. The maximum Gasteiger partial charge on any atom is 0.306 e. The van der Waals surface area contributed by atoms with E-state index < -0.39 is 6.10 Å². The van der Waals surface area contributed by atoms with Gasteiger partial charge in [0.05, 0.1) is 0 Å². The highest BCUT2D eigenvalue weighted by Gasteiger charge is 2.19. The number of hydrogen-bond donors (Lipinski definition) is 0. The predicted octanol–water partition coefficient (Wildman–Crippen LogP) is 17.8. The van der Waals surface area contributed by atoms with Gasteiger partial charge in [0.25, 0.3) is 0 Å². The third-order valence-electron chi connectivity index (χ3n) is 12.5. The average molecular weight is 863 g/mol. The van der Waals surface area contributed by atoms with Gasteiger partial charge in [0.2, 0.25) is 0 Å². The molecule has 0 radical (unpaired) electrons. The first kappa shape index (κ1) is 59.4. The monoisotopic (exact) mass is 863 g/mol. The molecule has 0 aromatic heterocycles. The van der Waals surface area contributed by atoms with Crippen LogP contribution in [0.3, 0.4) is 0 Å². The molecule has 0 aliphatic carbocycles. The molecule has 0 saturated carbocycles. The fourth-order valence-corrected chi connectivity index (χ4v) is 8.39. The smallest absolute Gasteiger partial charge is 0.306 e. The fourth-order valence-electron chi connectivity index (χ4n) is 8.39. The van der Waals surface area contributed by atoms with Gasteiger partial charge >= 0.3 is 17.9 Å². The van der Waals surface area contributed by atoms with Gasteiger partial charge in [0.15, 0.2) is 6.10 Å². The van der Waals surface area contributed by atoms with Crippen LogP contribution in [0, 0.1) is 5.92 Å². The minimum atomic E-state index is -0.760. The number of carbonyl (C=O) groups is 3. The first-order chi connectivity index (χ1) is 29.9. The highest BCUT2D eigenvalue weighted by atomic mass is 16.6. The van der Waals surface area contributed by atoms with Gasteiger partial charge in [-0.3, -0.25) is 14.4 Å². The zero-order valence-corrected chi connectivity index (χ0v) is 41.6. The summed E-state index contributed by atoms with van der Waals surface area (Å²) < 4.78 is 16.8. The predicted molar refractivity (Wildman–Crippen MR) is 261 cm³/mol.